The summed E-state index contributed by atoms with van der Waals surface area (Å²) in [5, 5.41) is 7.00. The fourth-order valence-electron chi connectivity index (χ4n) is 2.05. The molecule has 0 aliphatic rings. The lowest BCUT2D eigenvalue weighted by atomic mass is 10.2. The van der Waals surface area contributed by atoms with Gasteiger partial charge in [0.2, 0.25) is 10.0 Å². The molecule has 1 heterocycles. The molecule has 25 heavy (non-hydrogen) atoms. The molecule has 0 aliphatic carbocycles. The highest BCUT2D eigenvalue weighted by molar-refractivity contribution is 7.89. The second-order valence-electron chi connectivity index (χ2n) is 5.91. The SMILES string of the molecule is CC(C)N(C)S(=O)(=O)c1ccc(CNc2cnn(C)c(=O)c2Cl)cc1. The van der Waals surface area contributed by atoms with Gasteiger partial charge in [-0.05, 0) is 31.5 Å². The summed E-state index contributed by atoms with van der Waals surface area (Å²) >= 11 is 5.99. The molecular formula is C16H21ClN4O3S. The summed E-state index contributed by atoms with van der Waals surface area (Å²) in [4.78, 5) is 12.0. The van der Waals surface area contributed by atoms with Crippen LogP contribution in [-0.2, 0) is 23.6 Å². The number of aryl methyl sites for hydroxylation is 1. The number of benzene rings is 1. The van der Waals surface area contributed by atoms with Gasteiger partial charge in [0.25, 0.3) is 5.56 Å². The molecule has 9 heteroatoms. The van der Waals surface area contributed by atoms with Crippen molar-refractivity contribution in [1.82, 2.24) is 14.1 Å². The van der Waals surface area contributed by atoms with Crippen LogP contribution in [0.3, 0.4) is 0 Å². The number of aromatic nitrogens is 2. The van der Waals surface area contributed by atoms with Crippen molar-refractivity contribution in [3.63, 3.8) is 0 Å². The zero-order chi connectivity index (χ0) is 18.8. The van der Waals surface area contributed by atoms with E-state index < -0.39 is 10.0 Å². The maximum absolute atomic E-state index is 12.4. The lowest BCUT2D eigenvalue weighted by Gasteiger charge is -2.21. The highest BCUT2D eigenvalue weighted by Gasteiger charge is 2.22. The number of rotatable bonds is 6. The van der Waals surface area contributed by atoms with Crippen LogP contribution in [0.2, 0.25) is 5.02 Å². The first-order chi connectivity index (χ1) is 11.6. The van der Waals surface area contributed by atoms with Crippen LogP contribution in [0, 0.1) is 0 Å². The molecule has 0 atom stereocenters. The van der Waals surface area contributed by atoms with Gasteiger partial charge in [-0.1, -0.05) is 23.7 Å². The maximum Gasteiger partial charge on any atom is 0.287 e. The van der Waals surface area contributed by atoms with Gasteiger partial charge < -0.3 is 5.32 Å². The van der Waals surface area contributed by atoms with Gasteiger partial charge in [-0.3, -0.25) is 4.79 Å². The zero-order valence-electron chi connectivity index (χ0n) is 14.5. The van der Waals surface area contributed by atoms with Gasteiger partial charge >= 0.3 is 0 Å². The Bertz CT molecular complexity index is 908. The van der Waals surface area contributed by atoms with E-state index in [0.29, 0.717) is 12.2 Å². The number of nitrogens with zero attached hydrogens (tertiary/aromatic N) is 3. The van der Waals surface area contributed by atoms with Crippen molar-refractivity contribution in [3.8, 4) is 0 Å². The normalized spacial score (nSPS) is 12.0. The highest BCUT2D eigenvalue weighted by atomic mass is 35.5. The van der Waals surface area contributed by atoms with Crippen molar-refractivity contribution >= 4 is 27.3 Å². The van der Waals surface area contributed by atoms with Crippen LogP contribution in [0.4, 0.5) is 5.69 Å². The second kappa shape index (κ2) is 7.55. The monoisotopic (exact) mass is 384 g/mol. The minimum Gasteiger partial charge on any atom is -0.378 e. The van der Waals surface area contributed by atoms with E-state index in [2.05, 4.69) is 10.4 Å². The van der Waals surface area contributed by atoms with Crippen LogP contribution in [-0.4, -0.2) is 35.6 Å². The summed E-state index contributed by atoms with van der Waals surface area (Å²) < 4.78 is 27.3. The van der Waals surface area contributed by atoms with E-state index in [4.69, 9.17) is 11.6 Å². The van der Waals surface area contributed by atoms with E-state index in [-0.39, 0.29) is 21.5 Å². The summed E-state index contributed by atoms with van der Waals surface area (Å²) in [5.74, 6) is 0. The standard InChI is InChI=1S/C16H21ClN4O3S/c1-11(2)21(4)25(23,24)13-7-5-12(6-8-13)9-18-14-10-19-20(3)16(22)15(14)17/h5-8,10-11,18H,9H2,1-4H3. The Morgan fingerprint density at radius 2 is 1.88 bits per heavy atom. The predicted molar refractivity (Wildman–Crippen MR) is 98.3 cm³/mol. The Kier molecular flexibility index (Phi) is 5.87. The second-order valence-corrected chi connectivity index (χ2v) is 8.29. The zero-order valence-corrected chi connectivity index (χ0v) is 16.1. The Hall–Kier alpha value is -1.90. The van der Waals surface area contributed by atoms with Crippen molar-refractivity contribution in [2.24, 2.45) is 7.05 Å². The molecule has 136 valence electrons. The Morgan fingerprint density at radius 3 is 2.44 bits per heavy atom. The molecule has 0 aliphatic heterocycles. The van der Waals surface area contributed by atoms with Crippen molar-refractivity contribution in [2.75, 3.05) is 12.4 Å². The van der Waals surface area contributed by atoms with E-state index in [0.717, 1.165) is 10.2 Å². The molecule has 0 radical (unpaired) electrons. The quantitative estimate of drug-likeness (QED) is 0.824. The summed E-state index contributed by atoms with van der Waals surface area (Å²) in [6.07, 6.45) is 1.47. The Balaban J connectivity index is 2.14. The fraction of sp³-hybridized carbons (Fsp3) is 0.375. The summed E-state index contributed by atoms with van der Waals surface area (Å²) in [6, 6.07) is 6.44. The van der Waals surface area contributed by atoms with E-state index in [1.54, 1.807) is 31.3 Å². The van der Waals surface area contributed by atoms with Gasteiger partial charge in [-0.2, -0.15) is 9.40 Å². The molecule has 0 unspecified atom stereocenters. The number of nitrogens with one attached hydrogen (secondary N) is 1. The minimum atomic E-state index is -3.50. The molecule has 7 nitrogen and oxygen atoms in total. The minimum absolute atomic E-state index is 0.0651. The van der Waals surface area contributed by atoms with Crippen LogP contribution in [0.5, 0.6) is 0 Å². The van der Waals surface area contributed by atoms with E-state index >= 15 is 0 Å². The van der Waals surface area contributed by atoms with Crippen LogP contribution >= 0.6 is 11.6 Å². The van der Waals surface area contributed by atoms with E-state index in [1.165, 1.54) is 17.5 Å². The third kappa shape index (κ3) is 4.20. The molecule has 0 amide bonds. The summed E-state index contributed by atoms with van der Waals surface area (Å²) in [5.41, 5.74) is 0.897. The summed E-state index contributed by atoms with van der Waals surface area (Å²) in [6.45, 7) is 4.02. The molecule has 0 saturated heterocycles. The summed E-state index contributed by atoms with van der Waals surface area (Å²) in [7, 11) is -0.426. The van der Waals surface area contributed by atoms with Gasteiger partial charge in [0, 0.05) is 26.7 Å². The lowest BCUT2D eigenvalue weighted by Crippen LogP contribution is -2.33. The number of halogens is 1. The number of hydrogen-bond donors (Lipinski definition) is 1. The molecule has 1 aromatic heterocycles. The predicted octanol–water partition coefficient (Wildman–Crippen LogP) is 2.07. The van der Waals surface area contributed by atoms with Crippen LogP contribution in [0.1, 0.15) is 19.4 Å². The third-order valence-corrected chi connectivity index (χ3v) is 6.30. The van der Waals surface area contributed by atoms with Crippen molar-refractivity contribution < 1.29 is 8.42 Å². The van der Waals surface area contributed by atoms with E-state index in [1.807, 2.05) is 13.8 Å². The molecule has 2 rings (SSSR count). The van der Waals surface area contributed by atoms with Gasteiger partial charge in [-0.25, -0.2) is 13.1 Å². The molecule has 1 N–H and O–H groups in total. The Morgan fingerprint density at radius 1 is 1.28 bits per heavy atom. The average molecular weight is 385 g/mol. The first kappa shape index (κ1) is 19.4. The molecular weight excluding hydrogens is 364 g/mol. The smallest absolute Gasteiger partial charge is 0.287 e. The highest BCUT2D eigenvalue weighted by Crippen LogP contribution is 2.19. The maximum atomic E-state index is 12.4. The van der Waals surface area contributed by atoms with Crippen molar-refractivity contribution in [2.45, 2.75) is 31.3 Å². The van der Waals surface area contributed by atoms with E-state index in [9.17, 15) is 13.2 Å². The molecule has 0 spiro atoms. The number of anilines is 1. The Labute approximate surface area is 152 Å². The first-order valence-corrected chi connectivity index (χ1v) is 9.49. The molecule has 0 saturated carbocycles. The van der Waals surface area contributed by atoms with Gasteiger partial charge in [0.1, 0.15) is 5.02 Å². The van der Waals surface area contributed by atoms with Crippen LogP contribution < -0.4 is 10.9 Å². The largest absolute Gasteiger partial charge is 0.378 e. The van der Waals surface area contributed by atoms with Gasteiger partial charge in [-0.15, -0.1) is 0 Å². The fourth-order valence-corrected chi connectivity index (χ4v) is 3.66. The van der Waals surface area contributed by atoms with Gasteiger partial charge in [0.05, 0.1) is 16.8 Å². The van der Waals surface area contributed by atoms with Crippen molar-refractivity contribution in [1.29, 1.82) is 0 Å². The molecule has 0 bridgehead atoms. The number of hydrogen-bond acceptors (Lipinski definition) is 5. The van der Waals surface area contributed by atoms with Crippen molar-refractivity contribution in [3.05, 3.63) is 51.4 Å². The molecule has 0 fully saturated rings. The van der Waals surface area contributed by atoms with Crippen LogP contribution in [0.25, 0.3) is 0 Å². The van der Waals surface area contributed by atoms with Crippen LogP contribution in [0.15, 0.2) is 40.2 Å². The van der Waals surface area contributed by atoms with Gasteiger partial charge in [0.15, 0.2) is 0 Å². The lowest BCUT2D eigenvalue weighted by molar-refractivity contribution is 0.410. The third-order valence-electron chi connectivity index (χ3n) is 3.89. The molecule has 1 aromatic carbocycles. The number of sulfonamides is 1. The topological polar surface area (TPSA) is 84.3 Å². The average Bonchev–Trinajstić information content (AvgIpc) is 2.58. The molecule has 2 aromatic rings. The first-order valence-electron chi connectivity index (χ1n) is 7.67.